The van der Waals surface area contributed by atoms with Gasteiger partial charge in [0.1, 0.15) is 0 Å². The Hall–Kier alpha value is 0.614. The number of rotatable bonds is 0. The van der Waals surface area contributed by atoms with Crippen LogP contribution in [0.5, 0.6) is 0 Å². The third kappa shape index (κ3) is 373. The van der Waals surface area contributed by atoms with Crippen LogP contribution in [0.3, 0.4) is 0 Å². The molecule has 0 aliphatic rings. The Morgan fingerprint density at radius 2 is 1.00 bits per heavy atom. The van der Waals surface area contributed by atoms with Crippen LogP contribution < -0.4 is 18.9 Å². The van der Waals surface area contributed by atoms with Crippen LogP contribution in [0.2, 0.25) is 0 Å². The molecule has 0 amide bonds. The molecule has 0 aromatic carbocycles. The van der Waals surface area contributed by atoms with Gasteiger partial charge in [-0.15, -0.1) is 0 Å². The van der Waals surface area contributed by atoms with Gasteiger partial charge < -0.3 is 26.1 Å². The summed E-state index contributed by atoms with van der Waals surface area (Å²) in [5.41, 5.74) is 0. The topological polar surface area (TPSA) is 112 Å². The van der Waals surface area contributed by atoms with Crippen molar-refractivity contribution in [2.45, 2.75) is 0 Å². The predicted octanol–water partition coefficient (Wildman–Crippen LogP) is -6.32. The smallest absolute Gasteiger partial charge is 1.00 e. The van der Waals surface area contributed by atoms with Crippen molar-refractivity contribution in [3.8, 4) is 0 Å². The average molecular weight is 122 g/mol. The molecule has 6 N–H and O–H groups in total. The zero-order chi connectivity index (χ0) is 4.50. The van der Waals surface area contributed by atoms with E-state index in [-0.39, 0.29) is 25.8 Å². The molecule has 0 spiro atoms. The van der Waals surface area contributed by atoms with E-state index in [1.54, 1.807) is 0 Å². The fourth-order valence-corrected chi connectivity index (χ4v) is 0. The van der Waals surface area contributed by atoms with Crippen molar-refractivity contribution in [3.05, 3.63) is 0 Å². The van der Waals surface area contributed by atoms with Crippen molar-refractivity contribution in [2.75, 3.05) is 0 Å². The third-order valence-corrected chi connectivity index (χ3v) is 0. The normalized spacial score (nSPS) is 8.57. The van der Waals surface area contributed by atoms with E-state index in [0.29, 0.717) is 0 Å². The molecule has 0 saturated heterocycles. The number of hydrogen-bond acceptors (Lipinski definition) is 4. The van der Waals surface area contributed by atoms with E-state index in [9.17, 15) is 0 Å². The number of hydrogen-bond donors (Lipinski definition) is 4. The molecule has 0 saturated carbocycles. The molecule has 7 heavy (non-hydrogen) atoms. The second-order valence-electron chi connectivity index (χ2n) is 0.600. The molecule has 0 rings (SSSR count). The van der Waals surface area contributed by atoms with Crippen LogP contribution in [0.15, 0.2) is 0 Å². The van der Waals surface area contributed by atoms with Crippen molar-refractivity contribution in [1.82, 2.24) is 0 Å². The minimum Gasteiger partial charge on any atom is -1.00 e. The Kier molecular flexibility index (Phi) is 10.7. The maximum absolute atomic E-state index is 7.33. The third-order valence-electron chi connectivity index (χ3n) is 0. The molecule has 0 radical (unpaired) electrons. The summed E-state index contributed by atoms with van der Waals surface area (Å²) < 4.78 is 0. The summed E-state index contributed by atoms with van der Waals surface area (Å²) >= 11 is 0. The van der Waals surface area contributed by atoms with Crippen molar-refractivity contribution in [2.24, 2.45) is 0 Å². The van der Waals surface area contributed by atoms with Crippen LogP contribution in [0.4, 0.5) is 0 Å². The Morgan fingerprint density at radius 1 is 1.00 bits per heavy atom. The van der Waals surface area contributed by atoms with Gasteiger partial charge in [0.05, 0.1) is 0 Å². The fraction of sp³-hybridized carbons (Fsp3) is 0. The summed E-state index contributed by atoms with van der Waals surface area (Å²) in [6, 6.07) is 0. The van der Waals surface area contributed by atoms with Crippen LogP contribution in [-0.4, -0.2) is 33.7 Å². The van der Waals surface area contributed by atoms with Crippen molar-refractivity contribution >= 4 is 9.05 Å². The van der Waals surface area contributed by atoms with Gasteiger partial charge in [0.15, 0.2) is 0 Å². The molecule has 0 atom stereocenters. The van der Waals surface area contributed by atoms with E-state index in [1.807, 2.05) is 0 Å². The summed E-state index contributed by atoms with van der Waals surface area (Å²) in [4.78, 5) is 29.3. The minimum absolute atomic E-state index is 0. The molecule has 0 unspecified atom stereocenters. The van der Waals surface area contributed by atoms with Gasteiger partial charge in [-0.2, -0.15) is 0 Å². The summed E-state index contributed by atoms with van der Waals surface area (Å²) in [6.07, 6.45) is 0. The van der Waals surface area contributed by atoms with Crippen LogP contribution >= 0.6 is 0 Å². The van der Waals surface area contributed by atoms with Gasteiger partial charge in [0, 0.05) is 0 Å². The van der Waals surface area contributed by atoms with E-state index < -0.39 is 9.05 Å². The van der Waals surface area contributed by atoms with E-state index in [4.69, 9.17) is 19.2 Å². The first-order valence-electron chi connectivity index (χ1n) is 0.894. The molecule has 42 valence electrons. The quantitative estimate of drug-likeness (QED) is 0.239. The maximum Gasteiger partial charge on any atom is 1.00 e. The Labute approximate surface area is 54.7 Å². The molecule has 0 fully saturated rings. The standard InChI is InChI=1S/Li.H4O4Si.H2O.H/c;1-5(2,3)4;;/h;1-4H;1H2;/q+1;;;-1. The fourth-order valence-electron chi connectivity index (χ4n) is 0. The van der Waals surface area contributed by atoms with E-state index >= 15 is 0 Å². The van der Waals surface area contributed by atoms with Gasteiger partial charge in [-0.1, -0.05) is 0 Å². The Balaban J connectivity index is -0.0000000267. The molecule has 0 bridgehead atoms. The Bertz CT molecular complexity index is 27.9. The first-order valence-corrected chi connectivity index (χ1v) is 2.68. The second kappa shape index (κ2) is 4.77. The van der Waals surface area contributed by atoms with Gasteiger partial charge in [-0.3, -0.25) is 0 Å². The van der Waals surface area contributed by atoms with Gasteiger partial charge in [0.25, 0.3) is 0 Å². The summed E-state index contributed by atoms with van der Waals surface area (Å²) in [7, 11) is -4.61. The van der Waals surface area contributed by atoms with Crippen LogP contribution in [0, 0.1) is 0 Å². The minimum atomic E-state index is -4.61. The Morgan fingerprint density at radius 3 is 1.00 bits per heavy atom. The van der Waals surface area contributed by atoms with Crippen LogP contribution in [0.1, 0.15) is 1.43 Å². The first-order chi connectivity index (χ1) is 2.00. The van der Waals surface area contributed by atoms with Crippen molar-refractivity contribution in [1.29, 1.82) is 0 Å². The maximum atomic E-state index is 7.33. The average Bonchev–Trinajstić information content (AvgIpc) is 0.722. The van der Waals surface area contributed by atoms with Crippen molar-refractivity contribution < 1.29 is 44.9 Å². The molecular formula is H7LiO5Si. The van der Waals surface area contributed by atoms with Gasteiger partial charge in [0.2, 0.25) is 0 Å². The van der Waals surface area contributed by atoms with Gasteiger partial charge in [-0.25, -0.2) is 0 Å². The molecular weight excluding hydrogens is 115 g/mol. The van der Waals surface area contributed by atoms with E-state index in [1.165, 1.54) is 0 Å². The summed E-state index contributed by atoms with van der Waals surface area (Å²) in [6.45, 7) is 0. The van der Waals surface area contributed by atoms with Gasteiger partial charge in [-0.05, 0) is 0 Å². The zero-order valence-corrected chi connectivity index (χ0v) is 4.79. The molecule has 0 aliphatic carbocycles. The largest absolute Gasteiger partial charge is 1.00 e. The molecule has 5 nitrogen and oxygen atoms in total. The second-order valence-corrected chi connectivity index (χ2v) is 1.80. The van der Waals surface area contributed by atoms with Crippen LogP contribution in [0.25, 0.3) is 0 Å². The molecule has 0 aliphatic heterocycles. The zero-order valence-electron chi connectivity index (χ0n) is 4.79. The predicted molar refractivity (Wildman–Crippen MR) is 19.4 cm³/mol. The SMILES string of the molecule is O.O[Si](O)(O)O.[H-].[Li+]. The molecule has 0 heterocycles. The first kappa shape index (κ1) is 15.6. The summed E-state index contributed by atoms with van der Waals surface area (Å²) in [5, 5.41) is 0. The van der Waals surface area contributed by atoms with Crippen LogP contribution in [-0.2, 0) is 0 Å². The monoisotopic (exact) mass is 122 g/mol. The molecule has 0 aromatic heterocycles. The van der Waals surface area contributed by atoms with Gasteiger partial charge >= 0.3 is 27.9 Å². The molecule has 7 heteroatoms. The summed E-state index contributed by atoms with van der Waals surface area (Å²) in [5.74, 6) is 0. The van der Waals surface area contributed by atoms with E-state index in [2.05, 4.69) is 0 Å². The molecule has 0 aromatic rings. The van der Waals surface area contributed by atoms with E-state index in [0.717, 1.165) is 0 Å². The van der Waals surface area contributed by atoms with Crippen molar-refractivity contribution in [3.63, 3.8) is 0 Å².